The van der Waals surface area contributed by atoms with Crippen molar-refractivity contribution in [2.45, 2.75) is 18.6 Å². The van der Waals surface area contributed by atoms with Gasteiger partial charge in [0, 0.05) is 19.6 Å². The summed E-state index contributed by atoms with van der Waals surface area (Å²) in [5, 5.41) is 0. The van der Waals surface area contributed by atoms with Crippen LogP contribution in [0, 0.1) is 0 Å². The smallest absolute Gasteiger partial charge is 0.295 e. The Kier molecular flexibility index (Phi) is 1.29. The largest absolute Gasteiger partial charge is 0.328 e. The second kappa shape index (κ2) is 2.40. The van der Waals surface area contributed by atoms with Gasteiger partial charge in [0.2, 0.25) is 0 Å². The minimum atomic E-state index is 0.112. The van der Waals surface area contributed by atoms with E-state index in [1.807, 2.05) is 17.7 Å². The molecule has 2 aromatic rings. The lowest BCUT2D eigenvalue weighted by Gasteiger charge is -2.10. The van der Waals surface area contributed by atoms with Crippen LogP contribution < -0.4 is 5.69 Å². The molecule has 2 aliphatic rings. The highest BCUT2D eigenvalue weighted by molar-refractivity contribution is 5.81. The van der Waals surface area contributed by atoms with Crippen LogP contribution in [0.15, 0.2) is 23.0 Å². The summed E-state index contributed by atoms with van der Waals surface area (Å²) in [6, 6.07) is 7.29. The Bertz CT molecular complexity index is 667. The average molecular weight is 215 g/mol. The third-order valence-corrected chi connectivity index (χ3v) is 4.12. The molecule has 1 saturated heterocycles. The standard InChI is InChI=1S/C12H13N3O/c1-13-9-6-15-11-7(10(9)13)4-3-5-8(11)14(2)12(15)16/h3-5,9-10H,6H2,1-2H3/t9-,10+,13?/m0/s1. The Morgan fingerprint density at radius 2 is 2.12 bits per heavy atom. The van der Waals surface area contributed by atoms with E-state index in [4.69, 9.17) is 0 Å². The van der Waals surface area contributed by atoms with Crippen LogP contribution in [0.3, 0.4) is 0 Å². The van der Waals surface area contributed by atoms with E-state index in [2.05, 4.69) is 24.1 Å². The lowest BCUT2D eigenvalue weighted by molar-refractivity contribution is 0.544. The number of likely N-dealkylation sites (N-methyl/N-ethyl adjacent to an activating group) is 1. The van der Waals surface area contributed by atoms with E-state index in [0.717, 1.165) is 17.6 Å². The number of hydrogen-bond donors (Lipinski definition) is 0. The molecule has 3 atom stereocenters. The lowest BCUT2D eigenvalue weighted by atomic mass is 10.0. The van der Waals surface area contributed by atoms with E-state index < -0.39 is 0 Å². The number of aryl methyl sites for hydroxylation is 1. The molecule has 1 aromatic heterocycles. The fourth-order valence-electron chi connectivity index (χ4n) is 3.15. The van der Waals surface area contributed by atoms with Crippen LogP contribution in [0.1, 0.15) is 11.6 Å². The van der Waals surface area contributed by atoms with Crippen molar-refractivity contribution in [1.29, 1.82) is 0 Å². The zero-order chi connectivity index (χ0) is 11.0. The normalized spacial score (nSPS) is 30.5. The highest BCUT2D eigenvalue weighted by atomic mass is 16.1. The summed E-state index contributed by atoms with van der Waals surface area (Å²) < 4.78 is 3.68. The van der Waals surface area contributed by atoms with Gasteiger partial charge >= 0.3 is 5.69 Å². The lowest BCUT2D eigenvalue weighted by Crippen LogP contribution is -2.26. The van der Waals surface area contributed by atoms with Crippen LogP contribution >= 0.6 is 0 Å². The van der Waals surface area contributed by atoms with Gasteiger partial charge in [0.15, 0.2) is 0 Å². The molecule has 16 heavy (non-hydrogen) atoms. The van der Waals surface area contributed by atoms with Gasteiger partial charge in [0.1, 0.15) is 0 Å². The second-order valence-corrected chi connectivity index (χ2v) is 4.84. The fraction of sp³-hybridized carbons (Fsp3) is 0.417. The van der Waals surface area contributed by atoms with Gasteiger partial charge in [-0.05, 0) is 18.7 Å². The molecule has 0 spiro atoms. The van der Waals surface area contributed by atoms with E-state index in [-0.39, 0.29) is 5.69 Å². The maximum absolute atomic E-state index is 12.1. The number of benzene rings is 1. The van der Waals surface area contributed by atoms with E-state index >= 15 is 0 Å². The molecule has 4 nitrogen and oxygen atoms in total. The number of nitrogens with zero attached hydrogens (tertiary/aromatic N) is 3. The van der Waals surface area contributed by atoms with Gasteiger partial charge < -0.3 is 0 Å². The van der Waals surface area contributed by atoms with Gasteiger partial charge in [0.25, 0.3) is 0 Å². The quantitative estimate of drug-likeness (QED) is 0.606. The summed E-state index contributed by atoms with van der Waals surface area (Å²) in [4.78, 5) is 14.4. The molecule has 0 N–H and O–H groups in total. The highest BCUT2D eigenvalue weighted by Gasteiger charge is 2.49. The molecule has 1 aromatic carbocycles. The van der Waals surface area contributed by atoms with E-state index in [1.54, 1.807) is 4.57 Å². The van der Waals surface area contributed by atoms with Crippen molar-refractivity contribution in [1.82, 2.24) is 14.0 Å². The first kappa shape index (κ1) is 8.58. The number of aromatic nitrogens is 2. The molecular weight excluding hydrogens is 202 g/mol. The van der Waals surface area contributed by atoms with Gasteiger partial charge in [0.05, 0.1) is 17.1 Å². The molecule has 0 radical (unpaired) electrons. The number of fused-ring (bicyclic) bond motifs is 2. The maximum atomic E-state index is 12.1. The summed E-state index contributed by atoms with van der Waals surface area (Å²) in [6.45, 7) is 0.842. The van der Waals surface area contributed by atoms with Gasteiger partial charge in [-0.1, -0.05) is 12.1 Å². The molecule has 0 amide bonds. The zero-order valence-corrected chi connectivity index (χ0v) is 9.34. The molecule has 3 heterocycles. The second-order valence-electron chi connectivity index (χ2n) is 4.84. The molecule has 0 saturated carbocycles. The molecule has 4 heteroatoms. The number of imidazole rings is 1. The summed E-state index contributed by atoms with van der Waals surface area (Å²) in [5.41, 5.74) is 3.62. The Morgan fingerprint density at radius 3 is 2.94 bits per heavy atom. The van der Waals surface area contributed by atoms with Crippen LogP contribution in [0.2, 0.25) is 0 Å². The molecule has 2 aliphatic heterocycles. The third kappa shape index (κ3) is 0.756. The molecule has 0 bridgehead atoms. The first-order chi connectivity index (χ1) is 7.70. The Labute approximate surface area is 92.7 Å². The molecule has 4 rings (SSSR count). The van der Waals surface area contributed by atoms with Crippen molar-refractivity contribution >= 4 is 11.0 Å². The third-order valence-electron chi connectivity index (χ3n) is 4.12. The Hall–Kier alpha value is -1.55. The number of rotatable bonds is 0. The van der Waals surface area contributed by atoms with E-state index in [0.29, 0.717) is 12.1 Å². The SMILES string of the molecule is CN1[C@@H]2c3cccc4c3n(c(=O)n4C)C[C@@H]21. The molecule has 1 unspecified atom stereocenters. The predicted molar refractivity (Wildman–Crippen MR) is 61.5 cm³/mol. The van der Waals surface area contributed by atoms with Crippen molar-refractivity contribution < 1.29 is 0 Å². The van der Waals surface area contributed by atoms with Gasteiger partial charge in [-0.2, -0.15) is 0 Å². The summed E-state index contributed by atoms with van der Waals surface area (Å²) >= 11 is 0. The van der Waals surface area contributed by atoms with Gasteiger partial charge in [-0.15, -0.1) is 0 Å². The minimum Gasteiger partial charge on any atom is -0.295 e. The van der Waals surface area contributed by atoms with Crippen molar-refractivity contribution in [3.05, 3.63) is 34.2 Å². The monoisotopic (exact) mass is 215 g/mol. The fourth-order valence-corrected chi connectivity index (χ4v) is 3.15. The zero-order valence-electron chi connectivity index (χ0n) is 9.34. The van der Waals surface area contributed by atoms with Crippen molar-refractivity contribution in [3.8, 4) is 0 Å². The highest BCUT2D eigenvalue weighted by Crippen LogP contribution is 2.47. The molecule has 0 aliphatic carbocycles. The average Bonchev–Trinajstić information content (AvgIpc) is 2.90. The van der Waals surface area contributed by atoms with Crippen LogP contribution in [-0.4, -0.2) is 27.1 Å². The van der Waals surface area contributed by atoms with Crippen molar-refractivity contribution in [2.24, 2.45) is 7.05 Å². The van der Waals surface area contributed by atoms with Crippen LogP contribution in [-0.2, 0) is 13.6 Å². The van der Waals surface area contributed by atoms with Crippen LogP contribution in [0.25, 0.3) is 11.0 Å². The van der Waals surface area contributed by atoms with Crippen molar-refractivity contribution in [2.75, 3.05) is 7.05 Å². The van der Waals surface area contributed by atoms with E-state index in [1.165, 1.54) is 5.56 Å². The first-order valence-corrected chi connectivity index (χ1v) is 5.60. The van der Waals surface area contributed by atoms with Crippen molar-refractivity contribution in [3.63, 3.8) is 0 Å². The topological polar surface area (TPSA) is 29.9 Å². The molecular formula is C12H13N3O. The Morgan fingerprint density at radius 1 is 1.31 bits per heavy atom. The maximum Gasteiger partial charge on any atom is 0.328 e. The van der Waals surface area contributed by atoms with Gasteiger partial charge in [-0.3, -0.25) is 14.0 Å². The van der Waals surface area contributed by atoms with Crippen LogP contribution in [0.5, 0.6) is 0 Å². The molecule has 82 valence electrons. The van der Waals surface area contributed by atoms with Gasteiger partial charge in [-0.25, -0.2) is 4.79 Å². The Balaban J connectivity index is 2.20. The van der Waals surface area contributed by atoms with Crippen LogP contribution in [0.4, 0.5) is 0 Å². The number of hydrogen-bond acceptors (Lipinski definition) is 2. The summed E-state index contributed by atoms with van der Waals surface area (Å²) in [5.74, 6) is 0. The summed E-state index contributed by atoms with van der Waals surface area (Å²) in [6.07, 6.45) is 0. The summed E-state index contributed by atoms with van der Waals surface area (Å²) in [7, 11) is 3.98. The minimum absolute atomic E-state index is 0.112. The predicted octanol–water partition coefficient (Wildman–Crippen LogP) is 0.709. The molecule has 1 fully saturated rings. The van der Waals surface area contributed by atoms with E-state index in [9.17, 15) is 4.79 Å². The number of para-hydroxylation sites is 1. The first-order valence-electron chi connectivity index (χ1n) is 5.60.